The second kappa shape index (κ2) is 8.80. The summed E-state index contributed by atoms with van der Waals surface area (Å²) in [6, 6.07) is 14.5. The van der Waals surface area contributed by atoms with Gasteiger partial charge in [-0.25, -0.2) is 0 Å². The maximum Gasteiger partial charge on any atom is 2.00 e. The molecule has 0 saturated heterocycles. The molecule has 0 unspecified atom stereocenters. The van der Waals surface area contributed by atoms with Gasteiger partial charge in [-0.3, -0.25) is 14.8 Å². The smallest absolute Gasteiger partial charge is 0.812 e. The topological polar surface area (TPSA) is 53.9 Å². The Hall–Kier alpha value is -2.63. The quantitative estimate of drug-likeness (QED) is 0.128. The summed E-state index contributed by atoms with van der Waals surface area (Å²) in [5.74, 6) is 0. The van der Waals surface area contributed by atoms with Crippen molar-refractivity contribution in [3.8, 4) is 6.07 Å². The Morgan fingerprint density at radius 2 is 1.48 bits per heavy atom. The predicted molar refractivity (Wildman–Crippen MR) is 116 cm³/mol. The predicted octanol–water partition coefficient (Wildman–Crippen LogP) is 4.72. The van der Waals surface area contributed by atoms with Crippen molar-refractivity contribution < 1.29 is 21.1 Å². The van der Waals surface area contributed by atoms with E-state index in [1.165, 1.54) is 32.7 Å². The Balaban J connectivity index is 0.000000232. The van der Waals surface area contributed by atoms with Crippen LogP contribution in [0, 0.1) is 17.9 Å². The molecule has 2 aromatic carbocycles. The Bertz CT molecular complexity index is 1270. The van der Waals surface area contributed by atoms with Crippen molar-refractivity contribution in [2.24, 2.45) is 0 Å². The molecule has 0 aliphatic heterocycles. The molecule has 0 spiro atoms. The maximum absolute atomic E-state index is 8.01. The van der Waals surface area contributed by atoms with E-state index in [1.54, 1.807) is 6.07 Å². The van der Waals surface area contributed by atoms with Gasteiger partial charge < -0.3 is 25.3 Å². The minimum atomic E-state index is -0.123. The number of hydrogen-bond acceptors (Lipinski definition) is 5. The molecular weight excluding hydrogens is 579 g/mol. The molecule has 1 aliphatic rings. The van der Waals surface area contributed by atoms with Crippen molar-refractivity contribution in [2.75, 3.05) is 0 Å². The number of rotatable bonds is 0. The van der Waals surface area contributed by atoms with Crippen LogP contribution in [0.1, 0.15) is 11.1 Å². The fraction of sp³-hybridized carbons (Fsp3) is 0.0909. The van der Waals surface area contributed by atoms with E-state index in [9.17, 15) is 0 Å². The Morgan fingerprint density at radius 1 is 0.966 bits per heavy atom. The van der Waals surface area contributed by atoms with Crippen LogP contribution in [0.2, 0.25) is 0 Å². The summed E-state index contributed by atoms with van der Waals surface area (Å²) in [6.45, 7) is 6.29. The second-order valence-electron chi connectivity index (χ2n) is 6.33. The number of fused-ring (bicyclic) bond motifs is 4. The van der Waals surface area contributed by atoms with Crippen molar-refractivity contribution in [3.05, 3.63) is 81.3 Å². The third-order valence-electron chi connectivity index (χ3n) is 4.76. The minimum Gasteiger partial charge on any atom is -0.812 e. The summed E-state index contributed by atoms with van der Waals surface area (Å²) in [5.41, 5.74) is 5.06. The normalized spacial score (nSPS) is 12.3. The van der Waals surface area contributed by atoms with Crippen molar-refractivity contribution in [1.82, 2.24) is 9.97 Å². The SMILES string of the molecule is [C-]#[N+]C([S-])=C([S-])C#N.[Pt+2].c1cnc2c(c1)cc1c3c(cc4cccnc4c32)CC1. The first-order valence-corrected chi connectivity index (χ1v) is 9.38. The number of nitriles is 1. The third-order valence-corrected chi connectivity index (χ3v) is 5.47. The van der Waals surface area contributed by atoms with Crippen LogP contribution >= 0.6 is 0 Å². The first-order valence-electron chi connectivity index (χ1n) is 8.57. The molecule has 5 rings (SSSR count). The molecule has 4 aromatic rings. The van der Waals surface area contributed by atoms with Gasteiger partial charge >= 0.3 is 21.1 Å². The number of hydrogen-bond donors (Lipinski definition) is 0. The summed E-state index contributed by atoms with van der Waals surface area (Å²) < 4.78 is 0. The number of aryl methyl sites for hydroxylation is 2. The van der Waals surface area contributed by atoms with Crippen LogP contribution in [-0.4, -0.2) is 9.97 Å². The standard InChI is InChI=1S/C18H12N2.C4H2N2S2.Pt/c1-3-13-9-11-5-6-12-10-14-4-2-8-20-18(14)16(15(11)12)17(13)19-7-1;1-6-4(8)3(7)2-5;/h1-4,7-10H,5-6H2;7-8H;/q;;+2/p-2. The zero-order valence-electron chi connectivity index (χ0n) is 15.0. The number of aromatic nitrogens is 2. The van der Waals surface area contributed by atoms with Crippen LogP contribution in [0.4, 0.5) is 0 Å². The zero-order valence-corrected chi connectivity index (χ0v) is 18.9. The van der Waals surface area contributed by atoms with E-state index in [1.807, 2.05) is 24.5 Å². The molecule has 1 aliphatic carbocycles. The van der Waals surface area contributed by atoms with Crippen LogP contribution in [-0.2, 0) is 59.2 Å². The maximum atomic E-state index is 8.01. The van der Waals surface area contributed by atoms with Crippen LogP contribution < -0.4 is 0 Å². The summed E-state index contributed by atoms with van der Waals surface area (Å²) in [4.78, 5) is 11.9. The van der Waals surface area contributed by atoms with Gasteiger partial charge in [-0.15, -0.1) is 4.91 Å². The van der Waals surface area contributed by atoms with E-state index >= 15 is 0 Å². The Labute approximate surface area is 193 Å². The molecule has 142 valence electrons. The van der Waals surface area contributed by atoms with Gasteiger partial charge in [-0.2, -0.15) is 5.26 Å². The van der Waals surface area contributed by atoms with Gasteiger partial charge in [0.2, 0.25) is 0 Å². The molecule has 0 atom stereocenters. The van der Waals surface area contributed by atoms with Crippen LogP contribution in [0.15, 0.2) is 58.7 Å². The summed E-state index contributed by atoms with van der Waals surface area (Å²) in [6.07, 6.45) is 6.02. The second-order valence-corrected chi connectivity index (χ2v) is 7.12. The first kappa shape index (κ1) is 21.1. The molecule has 0 radical (unpaired) electrons. The fourth-order valence-electron chi connectivity index (χ4n) is 3.64. The van der Waals surface area contributed by atoms with E-state index in [4.69, 9.17) is 11.8 Å². The third kappa shape index (κ3) is 3.80. The van der Waals surface area contributed by atoms with E-state index in [2.05, 4.69) is 64.3 Å². The molecule has 0 bridgehead atoms. The van der Waals surface area contributed by atoms with Gasteiger partial charge in [0.05, 0.1) is 23.7 Å². The average Bonchev–Trinajstić information content (AvgIpc) is 3.15. The molecule has 0 N–H and O–H groups in total. The number of benzene rings is 2. The molecule has 29 heavy (non-hydrogen) atoms. The van der Waals surface area contributed by atoms with E-state index < -0.39 is 0 Å². The van der Waals surface area contributed by atoms with Crippen molar-refractivity contribution in [3.63, 3.8) is 0 Å². The van der Waals surface area contributed by atoms with Gasteiger partial charge in [0.1, 0.15) is 0 Å². The molecule has 0 amide bonds. The monoisotopic (exact) mass is 591 g/mol. The average molecular weight is 592 g/mol. The van der Waals surface area contributed by atoms with Crippen molar-refractivity contribution in [1.29, 1.82) is 5.26 Å². The largest absolute Gasteiger partial charge is 2.00 e. The van der Waals surface area contributed by atoms with Gasteiger partial charge in [0, 0.05) is 33.6 Å². The number of pyridine rings is 2. The molecular formula is C22H12N4PtS2. The van der Waals surface area contributed by atoms with Gasteiger partial charge in [0.25, 0.3) is 0 Å². The zero-order chi connectivity index (χ0) is 19.7. The molecule has 2 heterocycles. The first-order chi connectivity index (χ1) is 13.6. The molecule has 0 saturated carbocycles. The minimum absolute atomic E-state index is 0. The number of nitrogens with zero attached hydrogens (tertiary/aromatic N) is 4. The van der Waals surface area contributed by atoms with Gasteiger partial charge in [-0.1, -0.05) is 12.1 Å². The van der Waals surface area contributed by atoms with Crippen molar-refractivity contribution in [2.45, 2.75) is 12.8 Å². The molecule has 0 fully saturated rings. The Morgan fingerprint density at radius 3 is 1.90 bits per heavy atom. The van der Waals surface area contributed by atoms with Crippen LogP contribution in [0.25, 0.3) is 37.4 Å². The van der Waals surface area contributed by atoms with Gasteiger partial charge in [-0.05, 0) is 53.6 Å². The fourth-order valence-corrected chi connectivity index (χ4v) is 3.74. The molecule has 4 nitrogen and oxygen atoms in total. The van der Waals surface area contributed by atoms with E-state index in [-0.39, 0.29) is 31.0 Å². The summed E-state index contributed by atoms with van der Waals surface area (Å²) in [5, 5.41) is 13.0. The number of allylic oxidation sites excluding steroid dienone is 1. The summed E-state index contributed by atoms with van der Waals surface area (Å²) >= 11 is 8.72. The van der Waals surface area contributed by atoms with Crippen molar-refractivity contribution >= 4 is 57.8 Å². The molecule has 7 heteroatoms. The van der Waals surface area contributed by atoms with Crippen LogP contribution in [0.5, 0.6) is 0 Å². The van der Waals surface area contributed by atoms with E-state index in [0.717, 1.165) is 23.9 Å². The summed E-state index contributed by atoms with van der Waals surface area (Å²) in [7, 11) is 0. The molecule has 2 aromatic heterocycles. The Kier molecular flexibility index (Phi) is 6.40. The van der Waals surface area contributed by atoms with Crippen LogP contribution in [0.3, 0.4) is 0 Å². The van der Waals surface area contributed by atoms with Gasteiger partial charge in [0.15, 0.2) is 0 Å². The van der Waals surface area contributed by atoms with E-state index in [0.29, 0.717) is 0 Å².